The first kappa shape index (κ1) is 26.1. The summed E-state index contributed by atoms with van der Waals surface area (Å²) in [4.78, 5) is 25.4. The Balaban J connectivity index is 1.73. The lowest BCUT2D eigenvalue weighted by atomic mass is 10.2. The molecule has 0 unspecified atom stereocenters. The summed E-state index contributed by atoms with van der Waals surface area (Å²) in [6.07, 6.45) is -3.87. The molecule has 3 rings (SSSR count). The number of carbonyl (C=O) groups excluding carboxylic acids is 1. The predicted molar refractivity (Wildman–Crippen MR) is 127 cm³/mol. The van der Waals surface area contributed by atoms with Crippen LogP contribution >= 0.6 is 0 Å². The number of amides is 1. The molecule has 0 saturated carbocycles. The molecule has 35 heavy (non-hydrogen) atoms. The zero-order valence-electron chi connectivity index (χ0n) is 19.3. The highest BCUT2D eigenvalue weighted by Gasteiger charge is 2.31. The highest BCUT2D eigenvalue weighted by molar-refractivity contribution is 7.92. The van der Waals surface area contributed by atoms with E-state index >= 15 is 0 Å². The molecular weight excluding hydrogens is 485 g/mol. The number of hydrogen-bond acceptors (Lipinski definition) is 4. The van der Waals surface area contributed by atoms with E-state index in [1.54, 1.807) is 42.9 Å². The molecule has 0 aliphatic heterocycles. The molecular formula is C23H25F3N4O4S. The van der Waals surface area contributed by atoms with Gasteiger partial charge in [-0.05, 0) is 43.7 Å². The van der Waals surface area contributed by atoms with Crippen LogP contribution < -0.4 is 15.2 Å². The van der Waals surface area contributed by atoms with Crippen LogP contribution in [0.3, 0.4) is 0 Å². The van der Waals surface area contributed by atoms with E-state index < -0.39 is 33.2 Å². The van der Waals surface area contributed by atoms with E-state index in [2.05, 4.69) is 5.32 Å². The fraction of sp³-hybridized carbons (Fsp3) is 0.304. The minimum absolute atomic E-state index is 0.0217. The Hall–Kier alpha value is -3.54. The molecule has 3 aromatic rings. The summed E-state index contributed by atoms with van der Waals surface area (Å²) < 4.78 is 67.4. The molecule has 1 heterocycles. The topological polar surface area (TPSA) is 93.4 Å². The molecule has 0 saturated heterocycles. The highest BCUT2D eigenvalue weighted by atomic mass is 32.2. The van der Waals surface area contributed by atoms with Crippen LogP contribution in [0, 0.1) is 6.92 Å². The standard InChI is InChI=1S/C23H25F3N4O4S/c1-16-21(22(32)30(28(16)2)18-10-5-4-6-11-18)27-20(31)13-8-14-29(35(3,33)34)19-12-7-9-17(15-19)23(24,25)26/h4-7,9-12,15H,8,13-14H2,1-3H3,(H,27,31). The van der Waals surface area contributed by atoms with Crippen LogP contribution in [0.15, 0.2) is 59.4 Å². The van der Waals surface area contributed by atoms with E-state index in [4.69, 9.17) is 0 Å². The molecule has 2 aromatic carbocycles. The number of nitrogens with one attached hydrogen (secondary N) is 1. The van der Waals surface area contributed by atoms with Crippen molar-refractivity contribution in [2.75, 3.05) is 22.4 Å². The van der Waals surface area contributed by atoms with Gasteiger partial charge >= 0.3 is 6.18 Å². The third-order valence-electron chi connectivity index (χ3n) is 5.45. The van der Waals surface area contributed by atoms with Gasteiger partial charge in [0.25, 0.3) is 5.56 Å². The number of nitrogens with zero attached hydrogens (tertiary/aromatic N) is 3. The lowest BCUT2D eigenvalue weighted by Gasteiger charge is -2.23. The first-order valence-electron chi connectivity index (χ1n) is 10.6. The smallest absolute Gasteiger partial charge is 0.320 e. The maximum absolute atomic E-state index is 13.0. The van der Waals surface area contributed by atoms with Gasteiger partial charge in [-0.2, -0.15) is 13.2 Å². The number of hydrogen-bond donors (Lipinski definition) is 1. The zero-order valence-corrected chi connectivity index (χ0v) is 20.2. The maximum atomic E-state index is 13.0. The summed E-state index contributed by atoms with van der Waals surface area (Å²) in [5.41, 5.74) is -0.309. The quantitative estimate of drug-likeness (QED) is 0.500. The molecule has 188 valence electrons. The van der Waals surface area contributed by atoms with Gasteiger partial charge in [-0.1, -0.05) is 24.3 Å². The number of alkyl halides is 3. The Labute approximate surface area is 200 Å². The van der Waals surface area contributed by atoms with Crippen LogP contribution in [0.4, 0.5) is 24.5 Å². The molecule has 8 nitrogen and oxygen atoms in total. The Morgan fingerprint density at radius 2 is 1.74 bits per heavy atom. The van der Waals surface area contributed by atoms with Crippen molar-refractivity contribution in [2.24, 2.45) is 7.05 Å². The van der Waals surface area contributed by atoms with Gasteiger partial charge in [-0.15, -0.1) is 0 Å². The summed E-state index contributed by atoms with van der Waals surface area (Å²) >= 11 is 0. The van der Waals surface area contributed by atoms with Crippen LogP contribution in [0.1, 0.15) is 24.1 Å². The lowest BCUT2D eigenvalue weighted by molar-refractivity contribution is -0.137. The average Bonchev–Trinajstić information content (AvgIpc) is 2.99. The SMILES string of the molecule is Cc1c(NC(=O)CCCN(c2cccc(C(F)(F)F)c2)S(C)(=O)=O)c(=O)n(-c2ccccc2)n1C. The van der Waals surface area contributed by atoms with Crippen molar-refractivity contribution in [3.63, 3.8) is 0 Å². The molecule has 0 atom stereocenters. The number of carbonyl (C=O) groups is 1. The van der Waals surface area contributed by atoms with E-state index in [0.717, 1.165) is 28.8 Å². The third-order valence-corrected chi connectivity index (χ3v) is 6.64. The summed E-state index contributed by atoms with van der Waals surface area (Å²) in [5.74, 6) is -0.520. The number of halogens is 3. The molecule has 0 radical (unpaired) electrons. The minimum Gasteiger partial charge on any atom is -0.320 e. The number of sulfonamides is 1. The molecule has 1 N–H and O–H groups in total. The number of benzene rings is 2. The van der Waals surface area contributed by atoms with Crippen molar-refractivity contribution in [2.45, 2.75) is 25.9 Å². The Morgan fingerprint density at radius 1 is 1.09 bits per heavy atom. The number of rotatable bonds is 8. The minimum atomic E-state index is -4.63. The van der Waals surface area contributed by atoms with E-state index in [1.165, 1.54) is 10.7 Å². The number of anilines is 2. The van der Waals surface area contributed by atoms with Crippen LogP contribution in [0.5, 0.6) is 0 Å². The van der Waals surface area contributed by atoms with Gasteiger partial charge < -0.3 is 5.32 Å². The Kier molecular flexibility index (Phi) is 7.44. The summed E-state index contributed by atoms with van der Waals surface area (Å²) in [6.45, 7) is 1.46. The number of para-hydroxylation sites is 1. The molecule has 0 aliphatic carbocycles. The number of aromatic nitrogens is 2. The predicted octanol–water partition coefficient (Wildman–Crippen LogP) is 3.69. The van der Waals surface area contributed by atoms with Gasteiger partial charge in [0.05, 0.1) is 28.9 Å². The average molecular weight is 511 g/mol. The van der Waals surface area contributed by atoms with Crippen LogP contribution in [-0.4, -0.2) is 36.5 Å². The maximum Gasteiger partial charge on any atom is 0.416 e. The van der Waals surface area contributed by atoms with Gasteiger partial charge in [0.15, 0.2) is 0 Å². The second kappa shape index (κ2) is 9.98. The first-order chi connectivity index (χ1) is 16.3. The summed E-state index contributed by atoms with van der Waals surface area (Å²) in [6, 6.07) is 12.9. The Bertz CT molecular complexity index is 1380. The van der Waals surface area contributed by atoms with Crippen molar-refractivity contribution in [1.82, 2.24) is 9.36 Å². The summed E-state index contributed by atoms with van der Waals surface area (Å²) in [7, 11) is -2.23. The van der Waals surface area contributed by atoms with Gasteiger partial charge in [0.2, 0.25) is 15.9 Å². The fourth-order valence-electron chi connectivity index (χ4n) is 3.62. The highest BCUT2D eigenvalue weighted by Crippen LogP contribution is 2.32. The van der Waals surface area contributed by atoms with Crippen molar-refractivity contribution in [3.05, 3.63) is 76.2 Å². The lowest BCUT2D eigenvalue weighted by Crippen LogP contribution is -2.32. The van der Waals surface area contributed by atoms with E-state index in [0.29, 0.717) is 11.4 Å². The van der Waals surface area contributed by atoms with Crippen LogP contribution in [0.2, 0.25) is 0 Å². The largest absolute Gasteiger partial charge is 0.416 e. The van der Waals surface area contributed by atoms with Gasteiger partial charge in [-0.25, -0.2) is 13.1 Å². The first-order valence-corrected chi connectivity index (χ1v) is 12.4. The molecule has 0 bridgehead atoms. The molecule has 0 spiro atoms. The van der Waals surface area contributed by atoms with Gasteiger partial charge in [-0.3, -0.25) is 18.6 Å². The second-order valence-corrected chi connectivity index (χ2v) is 9.88. The molecule has 0 aliphatic rings. The Morgan fingerprint density at radius 3 is 2.34 bits per heavy atom. The van der Waals surface area contributed by atoms with Gasteiger partial charge in [0.1, 0.15) is 5.69 Å². The molecule has 12 heteroatoms. The van der Waals surface area contributed by atoms with Crippen molar-refractivity contribution in [1.29, 1.82) is 0 Å². The van der Waals surface area contributed by atoms with Crippen molar-refractivity contribution in [3.8, 4) is 5.69 Å². The van der Waals surface area contributed by atoms with E-state index in [9.17, 15) is 31.2 Å². The van der Waals surface area contributed by atoms with E-state index in [-0.39, 0.29) is 30.8 Å². The zero-order chi connectivity index (χ0) is 26.0. The van der Waals surface area contributed by atoms with Crippen LogP contribution in [-0.2, 0) is 28.0 Å². The molecule has 1 aromatic heterocycles. The van der Waals surface area contributed by atoms with Gasteiger partial charge in [0, 0.05) is 20.0 Å². The molecule has 1 amide bonds. The normalized spacial score (nSPS) is 11.9. The van der Waals surface area contributed by atoms with Crippen LogP contribution in [0.25, 0.3) is 5.69 Å². The summed E-state index contributed by atoms with van der Waals surface area (Å²) in [5, 5.41) is 2.58. The van der Waals surface area contributed by atoms with Crippen molar-refractivity contribution >= 4 is 27.3 Å². The second-order valence-electron chi connectivity index (χ2n) is 7.97. The van der Waals surface area contributed by atoms with Crippen molar-refractivity contribution < 1.29 is 26.4 Å². The molecule has 0 fully saturated rings. The monoisotopic (exact) mass is 510 g/mol. The fourth-order valence-corrected chi connectivity index (χ4v) is 4.58. The third kappa shape index (κ3) is 5.94. The van der Waals surface area contributed by atoms with E-state index in [1.807, 2.05) is 6.07 Å².